The molecule has 3 heterocycles. The third-order valence-electron chi connectivity index (χ3n) is 6.92. The molecule has 1 fully saturated rings. The van der Waals surface area contributed by atoms with Gasteiger partial charge in [-0.2, -0.15) is 0 Å². The molecule has 1 saturated heterocycles. The van der Waals surface area contributed by atoms with E-state index in [-0.39, 0.29) is 11.8 Å². The van der Waals surface area contributed by atoms with E-state index in [0.717, 1.165) is 36.6 Å². The van der Waals surface area contributed by atoms with Gasteiger partial charge in [0.2, 0.25) is 5.88 Å². The molecule has 8 heteroatoms. The average Bonchev–Trinajstić information content (AvgIpc) is 3.46. The number of likely N-dealkylation sites (N-methyl/N-ethyl adjacent to an activating group) is 1. The fourth-order valence-electron chi connectivity index (χ4n) is 4.84. The Morgan fingerprint density at radius 3 is 2.57 bits per heavy atom. The van der Waals surface area contributed by atoms with Crippen LogP contribution >= 0.6 is 0 Å². The molecule has 0 radical (unpaired) electrons. The van der Waals surface area contributed by atoms with Crippen molar-refractivity contribution in [3.05, 3.63) is 71.9 Å². The quantitative estimate of drug-likeness (QED) is 0.522. The largest absolute Gasteiger partial charge is 0.495 e. The van der Waals surface area contributed by atoms with Gasteiger partial charge in [0, 0.05) is 52.5 Å². The zero-order chi connectivity index (χ0) is 25.6. The standard InChI is InChI=1S/C29H34N4O4/c1-31-16-17-32(21-22-11-12-24(27(20-22)35-2)33-14-5-6-15-33)18-19-36-25-9-3-4-10-26(25)37-28-23(29(31)34)8-7-13-30-28/h3-4,7-13,20H,5-6,14-19,21H2,1-2H3. The van der Waals surface area contributed by atoms with E-state index in [9.17, 15) is 4.79 Å². The normalized spacial score (nSPS) is 17.0. The van der Waals surface area contributed by atoms with Crippen LogP contribution in [0.5, 0.6) is 23.1 Å². The summed E-state index contributed by atoms with van der Waals surface area (Å²) in [5, 5.41) is 0. The summed E-state index contributed by atoms with van der Waals surface area (Å²) in [7, 11) is 3.55. The van der Waals surface area contributed by atoms with E-state index in [1.54, 1.807) is 30.3 Å². The highest BCUT2D eigenvalue weighted by Crippen LogP contribution is 2.33. The molecule has 2 aliphatic heterocycles. The molecule has 0 saturated carbocycles. The number of aromatic nitrogens is 1. The number of fused-ring (bicyclic) bond motifs is 2. The fraction of sp³-hybridized carbons (Fsp3) is 0.379. The molecule has 3 aromatic rings. The minimum Gasteiger partial charge on any atom is -0.495 e. The molecule has 5 rings (SSSR count). The van der Waals surface area contributed by atoms with Crippen LogP contribution < -0.4 is 19.1 Å². The van der Waals surface area contributed by atoms with E-state index in [2.05, 4.69) is 33.0 Å². The van der Waals surface area contributed by atoms with Crippen LogP contribution in [-0.4, -0.2) is 74.2 Å². The number of para-hydroxylation sites is 2. The first-order valence-electron chi connectivity index (χ1n) is 12.9. The van der Waals surface area contributed by atoms with Crippen LogP contribution in [0.4, 0.5) is 5.69 Å². The van der Waals surface area contributed by atoms with Gasteiger partial charge in [0.25, 0.3) is 5.91 Å². The molecule has 0 spiro atoms. The molecule has 0 aliphatic carbocycles. The molecule has 0 bridgehead atoms. The third-order valence-corrected chi connectivity index (χ3v) is 6.92. The van der Waals surface area contributed by atoms with Crippen LogP contribution in [0.1, 0.15) is 28.8 Å². The van der Waals surface area contributed by atoms with Crippen molar-refractivity contribution >= 4 is 11.6 Å². The second-order valence-electron chi connectivity index (χ2n) is 9.46. The molecule has 194 valence electrons. The maximum Gasteiger partial charge on any atom is 0.259 e. The van der Waals surface area contributed by atoms with Crippen molar-refractivity contribution in [1.82, 2.24) is 14.8 Å². The Kier molecular flexibility index (Phi) is 7.75. The number of ether oxygens (including phenoxy) is 3. The number of pyridine rings is 1. The lowest BCUT2D eigenvalue weighted by molar-refractivity contribution is 0.0770. The van der Waals surface area contributed by atoms with Gasteiger partial charge in [-0.05, 0) is 54.8 Å². The van der Waals surface area contributed by atoms with Crippen LogP contribution in [0.2, 0.25) is 0 Å². The first-order chi connectivity index (χ1) is 18.1. The van der Waals surface area contributed by atoms with E-state index in [4.69, 9.17) is 14.2 Å². The summed E-state index contributed by atoms with van der Waals surface area (Å²) in [6, 6.07) is 17.5. The highest BCUT2D eigenvalue weighted by atomic mass is 16.5. The monoisotopic (exact) mass is 502 g/mol. The number of carbonyl (C=O) groups is 1. The third kappa shape index (κ3) is 5.80. The summed E-state index contributed by atoms with van der Waals surface area (Å²) in [5.41, 5.74) is 2.75. The van der Waals surface area contributed by atoms with Crippen LogP contribution in [-0.2, 0) is 6.54 Å². The predicted molar refractivity (Wildman–Crippen MR) is 143 cm³/mol. The van der Waals surface area contributed by atoms with Gasteiger partial charge >= 0.3 is 0 Å². The van der Waals surface area contributed by atoms with Crippen molar-refractivity contribution in [3.63, 3.8) is 0 Å². The zero-order valence-corrected chi connectivity index (χ0v) is 21.6. The number of hydrogen-bond acceptors (Lipinski definition) is 7. The molecular weight excluding hydrogens is 468 g/mol. The zero-order valence-electron chi connectivity index (χ0n) is 21.6. The fourth-order valence-corrected chi connectivity index (χ4v) is 4.84. The number of anilines is 1. The summed E-state index contributed by atoms with van der Waals surface area (Å²) in [6.45, 7) is 5.29. The Balaban J connectivity index is 1.38. The van der Waals surface area contributed by atoms with Crippen molar-refractivity contribution in [2.75, 3.05) is 58.4 Å². The van der Waals surface area contributed by atoms with Crippen molar-refractivity contribution in [2.24, 2.45) is 0 Å². The second-order valence-corrected chi connectivity index (χ2v) is 9.46. The van der Waals surface area contributed by atoms with Crippen molar-refractivity contribution in [3.8, 4) is 23.1 Å². The van der Waals surface area contributed by atoms with Gasteiger partial charge in [0.15, 0.2) is 11.5 Å². The maximum absolute atomic E-state index is 13.3. The topological polar surface area (TPSA) is 67.4 Å². The molecule has 1 amide bonds. The lowest BCUT2D eigenvalue weighted by Crippen LogP contribution is -2.37. The second kappa shape index (κ2) is 11.5. The predicted octanol–water partition coefficient (Wildman–Crippen LogP) is 4.45. The van der Waals surface area contributed by atoms with E-state index in [0.29, 0.717) is 43.3 Å². The van der Waals surface area contributed by atoms with Gasteiger partial charge in [0.1, 0.15) is 17.9 Å². The Morgan fingerprint density at radius 2 is 1.76 bits per heavy atom. The van der Waals surface area contributed by atoms with Gasteiger partial charge in [-0.3, -0.25) is 9.69 Å². The number of methoxy groups -OCH3 is 1. The van der Waals surface area contributed by atoms with Gasteiger partial charge in [0.05, 0.1) is 12.8 Å². The number of amides is 1. The molecule has 2 aromatic carbocycles. The molecule has 37 heavy (non-hydrogen) atoms. The van der Waals surface area contributed by atoms with Crippen LogP contribution in [0.25, 0.3) is 0 Å². The molecule has 1 aromatic heterocycles. The molecule has 0 unspecified atom stereocenters. The number of hydrogen-bond donors (Lipinski definition) is 0. The number of carbonyl (C=O) groups excluding carboxylic acids is 1. The maximum atomic E-state index is 13.3. The molecule has 0 atom stereocenters. The molecular formula is C29H34N4O4. The van der Waals surface area contributed by atoms with E-state index < -0.39 is 0 Å². The lowest BCUT2D eigenvalue weighted by atomic mass is 10.1. The lowest BCUT2D eigenvalue weighted by Gasteiger charge is -2.26. The number of nitrogens with zero attached hydrogens (tertiary/aromatic N) is 4. The number of rotatable bonds is 4. The van der Waals surface area contributed by atoms with Gasteiger partial charge < -0.3 is 24.0 Å². The Bertz CT molecular complexity index is 1230. The Hall–Kier alpha value is -3.78. The summed E-state index contributed by atoms with van der Waals surface area (Å²) in [6.07, 6.45) is 4.07. The first kappa shape index (κ1) is 24.9. The minimum absolute atomic E-state index is 0.127. The molecule has 0 N–H and O–H groups in total. The van der Waals surface area contributed by atoms with E-state index in [1.807, 2.05) is 31.3 Å². The summed E-state index contributed by atoms with van der Waals surface area (Å²) >= 11 is 0. The summed E-state index contributed by atoms with van der Waals surface area (Å²) in [4.78, 5) is 24.0. The SMILES string of the molecule is COc1cc(CN2CCOc3ccccc3Oc3ncccc3C(=O)N(C)CC2)ccc1N1CCCC1. The minimum atomic E-state index is -0.127. The highest BCUT2D eigenvalue weighted by molar-refractivity contribution is 5.96. The molecule has 8 nitrogen and oxygen atoms in total. The van der Waals surface area contributed by atoms with Crippen LogP contribution in [0, 0.1) is 0 Å². The first-order valence-corrected chi connectivity index (χ1v) is 12.9. The number of benzene rings is 2. The summed E-state index contributed by atoms with van der Waals surface area (Å²) < 4.78 is 18.0. The van der Waals surface area contributed by atoms with Gasteiger partial charge in [-0.1, -0.05) is 18.2 Å². The van der Waals surface area contributed by atoms with E-state index >= 15 is 0 Å². The smallest absolute Gasteiger partial charge is 0.259 e. The van der Waals surface area contributed by atoms with E-state index in [1.165, 1.54) is 12.8 Å². The van der Waals surface area contributed by atoms with Crippen molar-refractivity contribution in [1.29, 1.82) is 0 Å². The summed E-state index contributed by atoms with van der Waals surface area (Å²) in [5.74, 6) is 2.21. The van der Waals surface area contributed by atoms with Crippen molar-refractivity contribution in [2.45, 2.75) is 19.4 Å². The van der Waals surface area contributed by atoms with Gasteiger partial charge in [-0.15, -0.1) is 0 Å². The average molecular weight is 503 g/mol. The Morgan fingerprint density at radius 1 is 0.946 bits per heavy atom. The van der Waals surface area contributed by atoms with Crippen molar-refractivity contribution < 1.29 is 19.0 Å². The highest BCUT2D eigenvalue weighted by Gasteiger charge is 2.22. The van der Waals surface area contributed by atoms with Crippen LogP contribution in [0.3, 0.4) is 0 Å². The molecule has 2 aliphatic rings. The Labute approximate surface area is 218 Å². The van der Waals surface area contributed by atoms with Crippen LogP contribution in [0.15, 0.2) is 60.8 Å². The van der Waals surface area contributed by atoms with Gasteiger partial charge in [-0.25, -0.2) is 4.98 Å².